The zero-order chi connectivity index (χ0) is 26.1. The highest BCUT2D eigenvalue weighted by Gasteiger charge is 2.52. The van der Waals surface area contributed by atoms with Gasteiger partial charge in [0, 0.05) is 6.54 Å². The average Bonchev–Trinajstić information content (AvgIpc) is 2.66. The fraction of sp³-hybridized carbons (Fsp3) is 0.565. The first-order chi connectivity index (χ1) is 15.4. The van der Waals surface area contributed by atoms with E-state index in [1.165, 1.54) is 24.3 Å². The van der Waals surface area contributed by atoms with Crippen LogP contribution in [-0.4, -0.2) is 65.1 Å². The van der Waals surface area contributed by atoms with Crippen LogP contribution in [0.3, 0.4) is 0 Å². The number of hydrogen-bond acceptors (Lipinski definition) is 7. The SMILES string of the molecule is CC(C)(C)OC(=O)c1ccc(OC2CN(C(=O)OC(C)(C)C)CC(C(=O)C(F)(F)F)C2=O)cc1. The smallest absolute Gasteiger partial charge is 0.450 e. The number of ketones is 2. The lowest BCUT2D eigenvalue weighted by atomic mass is 9.90. The Balaban J connectivity index is 2.25. The van der Waals surface area contributed by atoms with Gasteiger partial charge in [-0.15, -0.1) is 0 Å². The number of carbonyl (C=O) groups is 4. The Labute approximate surface area is 195 Å². The lowest BCUT2D eigenvalue weighted by molar-refractivity contribution is -0.179. The molecule has 34 heavy (non-hydrogen) atoms. The van der Waals surface area contributed by atoms with E-state index in [0.717, 1.165) is 4.90 Å². The van der Waals surface area contributed by atoms with Crippen LogP contribution in [0.5, 0.6) is 5.75 Å². The summed E-state index contributed by atoms with van der Waals surface area (Å²) in [6.45, 7) is 8.62. The van der Waals surface area contributed by atoms with Crippen LogP contribution in [0.4, 0.5) is 18.0 Å². The molecule has 0 aromatic heterocycles. The largest absolute Gasteiger partial charge is 0.481 e. The number of alkyl halides is 3. The Hall–Kier alpha value is -3.11. The fourth-order valence-corrected chi connectivity index (χ4v) is 3.05. The number of amides is 1. The molecule has 1 fully saturated rings. The molecule has 2 rings (SSSR count). The highest BCUT2D eigenvalue weighted by Crippen LogP contribution is 2.28. The van der Waals surface area contributed by atoms with Crippen molar-refractivity contribution in [1.82, 2.24) is 4.90 Å². The number of halogens is 3. The fourth-order valence-electron chi connectivity index (χ4n) is 3.05. The Morgan fingerprint density at radius 2 is 1.41 bits per heavy atom. The standard InChI is InChI=1S/C23H28F3NO7/c1-21(2,3)33-19(30)13-7-9-14(10-8-13)32-16-12-27(20(31)34-22(4,5)6)11-15(17(16)28)18(29)23(24,25)26/h7-10,15-16H,11-12H2,1-6H3. The summed E-state index contributed by atoms with van der Waals surface area (Å²) in [6, 6.07) is 5.39. The van der Waals surface area contributed by atoms with Gasteiger partial charge in [0.1, 0.15) is 22.9 Å². The van der Waals surface area contributed by atoms with Crippen molar-refractivity contribution in [2.75, 3.05) is 13.1 Å². The number of piperidine rings is 1. The maximum absolute atomic E-state index is 13.1. The van der Waals surface area contributed by atoms with Gasteiger partial charge in [-0.05, 0) is 65.8 Å². The minimum Gasteiger partial charge on any atom is -0.481 e. The number of nitrogens with zero attached hydrogens (tertiary/aromatic N) is 1. The monoisotopic (exact) mass is 487 g/mol. The maximum Gasteiger partial charge on any atom is 0.450 e. The average molecular weight is 487 g/mol. The predicted octanol–water partition coefficient (Wildman–Crippen LogP) is 3.96. The zero-order valence-electron chi connectivity index (χ0n) is 19.8. The van der Waals surface area contributed by atoms with Gasteiger partial charge in [0.25, 0.3) is 0 Å². The van der Waals surface area contributed by atoms with E-state index in [4.69, 9.17) is 14.2 Å². The number of hydrogen-bond donors (Lipinski definition) is 0. The molecular formula is C23H28F3NO7. The maximum atomic E-state index is 13.1. The van der Waals surface area contributed by atoms with E-state index >= 15 is 0 Å². The number of likely N-dealkylation sites (tertiary alicyclic amines) is 1. The summed E-state index contributed by atoms with van der Waals surface area (Å²) in [5.74, 6) is -6.06. The summed E-state index contributed by atoms with van der Waals surface area (Å²) in [5, 5.41) is 0. The Morgan fingerprint density at radius 1 is 0.882 bits per heavy atom. The summed E-state index contributed by atoms with van der Waals surface area (Å²) in [7, 11) is 0. The lowest BCUT2D eigenvalue weighted by Crippen LogP contribution is -2.58. The Bertz CT molecular complexity index is 943. The zero-order valence-corrected chi connectivity index (χ0v) is 19.8. The van der Waals surface area contributed by atoms with Crippen LogP contribution < -0.4 is 4.74 Å². The summed E-state index contributed by atoms with van der Waals surface area (Å²) in [4.78, 5) is 50.0. The quantitative estimate of drug-likeness (QED) is 0.468. The molecule has 0 saturated carbocycles. The number of ether oxygens (including phenoxy) is 3. The van der Waals surface area contributed by atoms with Gasteiger partial charge in [-0.2, -0.15) is 13.2 Å². The molecule has 8 nitrogen and oxygen atoms in total. The van der Waals surface area contributed by atoms with Crippen LogP contribution in [0.15, 0.2) is 24.3 Å². The normalized spacial score (nSPS) is 19.4. The molecule has 1 amide bonds. The second kappa shape index (κ2) is 9.63. The molecule has 0 bridgehead atoms. The van der Waals surface area contributed by atoms with E-state index < -0.39 is 66.1 Å². The molecule has 1 aromatic carbocycles. The highest BCUT2D eigenvalue weighted by molar-refractivity contribution is 6.07. The Morgan fingerprint density at radius 3 is 1.88 bits per heavy atom. The first-order valence-corrected chi connectivity index (χ1v) is 10.5. The van der Waals surface area contributed by atoms with Crippen LogP contribution >= 0.6 is 0 Å². The summed E-state index contributed by atoms with van der Waals surface area (Å²) < 4.78 is 55.2. The van der Waals surface area contributed by atoms with E-state index in [1.807, 2.05) is 0 Å². The van der Waals surface area contributed by atoms with Crippen LogP contribution in [0.1, 0.15) is 51.9 Å². The van der Waals surface area contributed by atoms with Gasteiger partial charge in [0.05, 0.1) is 12.1 Å². The van der Waals surface area contributed by atoms with Gasteiger partial charge >= 0.3 is 18.2 Å². The topological polar surface area (TPSA) is 99.2 Å². The molecule has 1 heterocycles. The highest BCUT2D eigenvalue weighted by atomic mass is 19.4. The second-order valence-electron chi connectivity index (χ2n) is 9.84. The molecule has 0 radical (unpaired) electrons. The predicted molar refractivity (Wildman–Crippen MR) is 113 cm³/mol. The molecular weight excluding hydrogens is 459 g/mol. The number of Topliss-reactive ketones (excluding diaryl/α,β-unsaturated/α-hetero) is 2. The van der Waals surface area contributed by atoms with Crippen molar-refractivity contribution in [2.45, 2.75) is 65.0 Å². The van der Waals surface area contributed by atoms with Crippen LogP contribution in [-0.2, 0) is 19.1 Å². The van der Waals surface area contributed by atoms with Crippen molar-refractivity contribution in [3.8, 4) is 5.75 Å². The minimum absolute atomic E-state index is 0.0508. The van der Waals surface area contributed by atoms with E-state index in [0.29, 0.717) is 0 Å². The molecule has 1 saturated heterocycles. The second-order valence-corrected chi connectivity index (χ2v) is 9.84. The molecule has 0 N–H and O–H groups in total. The molecule has 188 valence electrons. The molecule has 2 atom stereocenters. The van der Waals surface area contributed by atoms with Crippen molar-refractivity contribution < 1.29 is 46.6 Å². The minimum atomic E-state index is -5.27. The van der Waals surface area contributed by atoms with Crippen molar-refractivity contribution in [2.24, 2.45) is 5.92 Å². The molecule has 11 heteroatoms. The molecule has 1 aliphatic heterocycles. The number of benzene rings is 1. The third-order valence-corrected chi connectivity index (χ3v) is 4.46. The van der Waals surface area contributed by atoms with Crippen molar-refractivity contribution >= 4 is 23.6 Å². The third-order valence-electron chi connectivity index (χ3n) is 4.46. The van der Waals surface area contributed by atoms with Gasteiger partial charge in [-0.25, -0.2) is 9.59 Å². The van der Waals surface area contributed by atoms with Crippen LogP contribution in [0.25, 0.3) is 0 Å². The van der Waals surface area contributed by atoms with E-state index in [-0.39, 0.29) is 11.3 Å². The van der Waals surface area contributed by atoms with Gasteiger partial charge < -0.3 is 19.1 Å². The molecule has 2 unspecified atom stereocenters. The molecule has 1 aliphatic rings. The first-order valence-electron chi connectivity index (χ1n) is 10.5. The van der Waals surface area contributed by atoms with Crippen molar-refractivity contribution in [1.29, 1.82) is 0 Å². The van der Waals surface area contributed by atoms with Crippen LogP contribution in [0, 0.1) is 5.92 Å². The van der Waals surface area contributed by atoms with E-state index in [9.17, 15) is 32.3 Å². The van der Waals surface area contributed by atoms with Gasteiger partial charge in [0.15, 0.2) is 11.9 Å². The first kappa shape index (κ1) is 27.1. The van der Waals surface area contributed by atoms with Gasteiger partial charge in [-0.3, -0.25) is 9.59 Å². The summed E-state index contributed by atoms with van der Waals surface area (Å²) in [5.41, 5.74) is -1.47. The molecule has 0 aliphatic carbocycles. The number of esters is 1. The molecule has 0 spiro atoms. The van der Waals surface area contributed by atoms with Gasteiger partial charge in [-0.1, -0.05) is 0 Å². The van der Waals surface area contributed by atoms with Crippen molar-refractivity contribution in [3.63, 3.8) is 0 Å². The van der Waals surface area contributed by atoms with Crippen molar-refractivity contribution in [3.05, 3.63) is 29.8 Å². The number of carbonyl (C=O) groups excluding carboxylic acids is 4. The van der Waals surface area contributed by atoms with Crippen LogP contribution in [0.2, 0.25) is 0 Å². The summed E-state index contributed by atoms with van der Waals surface area (Å²) >= 11 is 0. The molecule has 1 aromatic rings. The third kappa shape index (κ3) is 7.46. The van der Waals surface area contributed by atoms with E-state index in [2.05, 4.69) is 0 Å². The number of rotatable bonds is 4. The van der Waals surface area contributed by atoms with E-state index in [1.54, 1.807) is 41.5 Å². The summed E-state index contributed by atoms with van der Waals surface area (Å²) in [6.07, 6.45) is -7.80. The van der Waals surface area contributed by atoms with Gasteiger partial charge in [0.2, 0.25) is 5.78 Å². The Kier molecular flexibility index (Phi) is 7.69. The lowest BCUT2D eigenvalue weighted by Gasteiger charge is -2.36.